The fourth-order valence-corrected chi connectivity index (χ4v) is 2.11. The molecule has 2 aromatic rings. The van der Waals surface area contributed by atoms with Crippen molar-refractivity contribution in [3.8, 4) is 5.75 Å². The third-order valence-electron chi connectivity index (χ3n) is 3.59. The average Bonchev–Trinajstić information content (AvgIpc) is 2.45. The first kappa shape index (κ1) is 15.6. The number of aliphatic hydroxyl groups excluding tert-OH is 1. The molecule has 0 bridgehead atoms. The summed E-state index contributed by atoms with van der Waals surface area (Å²) < 4.78 is 5.77. The maximum atomic E-state index is 9.47. The van der Waals surface area contributed by atoms with E-state index in [1.54, 1.807) is 6.92 Å². The molecule has 2 rings (SSSR count). The molecule has 0 aliphatic rings. The summed E-state index contributed by atoms with van der Waals surface area (Å²) in [4.78, 5) is 0. The summed E-state index contributed by atoms with van der Waals surface area (Å²) in [6, 6.07) is 16.1. The van der Waals surface area contributed by atoms with Crippen LogP contribution in [0.25, 0.3) is 0 Å². The van der Waals surface area contributed by atoms with Gasteiger partial charge in [-0.25, -0.2) is 0 Å². The van der Waals surface area contributed by atoms with Crippen LogP contribution in [0.5, 0.6) is 5.75 Å². The topological polar surface area (TPSA) is 29.5 Å². The summed E-state index contributed by atoms with van der Waals surface area (Å²) in [6.45, 7) is 8.94. The summed E-state index contributed by atoms with van der Waals surface area (Å²) in [5.74, 6) is 0.819. The molecule has 0 saturated carbocycles. The Morgan fingerprint density at radius 2 is 1.52 bits per heavy atom. The van der Waals surface area contributed by atoms with Gasteiger partial charge in [0.05, 0.1) is 6.10 Å². The highest BCUT2D eigenvalue weighted by Gasteiger charge is 2.12. The molecule has 0 heterocycles. The summed E-state index contributed by atoms with van der Waals surface area (Å²) in [5.41, 5.74) is 3.56. The van der Waals surface area contributed by atoms with Crippen molar-refractivity contribution in [2.24, 2.45) is 0 Å². The minimum Gasteiger partial charge on any atom is -0.489 e. The Bertz CT molecular complexity index is 560. The van der Waals surface area contributed by atoms with Gasteiger partial charge >= 0.3 is 0 Å². The van der Waals surface area contributed by atoms with Crippen molar-refractivity contribution in [3.63, 3.8) is 0 Å². The Labute approximate surface area is 127 Å². The molecule has 0 saturated heterocycles. The second-order valence-electron chi connectivity index (χ2n) is 6.48. The molecular formula is C19H24O2. The monoisotopic (exact) mass is 284 g/mol. The van der Waals surface area contributed by atoms with Gasteiger partial charge < -0.3 is 9.84 Å². The fraction of sp³-hybridized carbons (Fsp3) is 0.368. The third-order valence-corrected chi connectivity index (χ3v) is 3.59. The van der Waals surface area contributed by atoms with E-state index in [9.17, 15) is 5.11 Å². The molecule has 2 aromatic carbocycles. The average molecular weight is 284 g/mol. The van der Waals surface area contributed by atoms with Crippen molar-refractivity contribution >= 4 is 0 Å². The van der Waals surface area contributed by atoms with E-state index in [1.165, 1.54) is 5.56 Å². The van der Waals surface area contributed by atoms with E-state index in [0.717, 1.165) is 16.9 Å². The minimum atomic E-state index is -0.441. The molecule has 1 unspecified atom stereocenters. The van der Waals surface area contributed by atoms with E-state index in [-0.39, 0.29) is 5.41 Å². The molecule has 0 aromatic heterocycles. The number of aliphatic hydroxyl groups is 1. The van der Waals surface area contributed by atoms with Gasteiger partial charge in [-0.15, -0.1) is 0 Å². The lowest BCUT2D eigenvalue weighted by Gasteiger charge is -2.19. The van der Waals surface area contributed by atoms with Crippen molar-refractivity contribution in [1.82, 2.24) is 0 Å². The summed E-state index contributed by atoms with van der Waals surface area (Å²) >= 11 is 0. The largest absolute Gasteiger partial charge is 0.489 e. The summed E-state index contributed by atoms with van der Waals surface area (Å²) in [6.07, 6.45) is -0.441. The molecule has 112 valence electrons. The standard InChI is InChI=1S/C19H24O2/c1-14(20)16-7-11-18(12-8-16)21-13-15-5-9-17(10-6-15)19(2,3)4/h5-12,14,20H,13H2,1-4H3. The van der Waals surface area contributed by atoms with Crippen LogP contribution in [0.1, 0.15) is 50.5 Å². The van der Waals surface area contributed by atoms with Crippen LogP contribution < -0.4 is 4.74 Å². The second kappa shape index (κ2) is 6.31. The van der Waals surface area contributed by atoms with Gasteiger partial charge in [0.25, 0.3) is 0 Å². The van der Waals surface area contributed by atoms with Crippen molar-refractivity contribution in [1.29, 1.82) is 0 Å². The lowest BCUT2D eigenvalue weighted by atomic mass is 9.87. The van der Waals surface area contributed by atoms with Gasteiger partial charge in [-0.05, 0) is 41.2 Å². The molecule has 2 nitrogen and oxygen atoms in total. The van der Waals surface area contributed by atoms with E-state index in [4.69, 9.17) is 4.74 Å². The van der Waals surface area contributed by atoms with Crippen LogP contribution in [0.3, 0.4) is 0 Å². The van der Waals surface area contributed by atoms with Gasteiger partial charge in [0.2, 0.25) is 0 Å². The normalized spacial score (nSPS) is 13.0. The first-order chi connectivity index (χ1) is 9.86. The van der Waals surface area contributed by atoms with Crippen LogP contribution in [-0.2, 0) is 12.0 Å². The predicted octanol–water partition coefficient (Wildman–Crippen LogP) is 4.62. The smallest absolute Gasteiger partial charge is 0.119 e. The zero-order chi connectivity index (χ0) is 15.5. The van der Waals surface area contributed by atoms with E-state index in [0.29, 0.717) is 6.61 Å². The molecule has 0 spiro atoms. The summed E-state index contributed by atoms with van der Waals surface area (Å²) in [7, 11) is 0. The maximum absolute atomic E-state index is 9.47. The van der Waals surface area contributed by atoms with Gasteiger partial charge in [0, 0.05) is 0 Å². The Morgan fingerprint density at radius 3 is 2.00 bits per heavy atom. The van der Waals surface area contributed by atoms with Gasteiger partial charge in [-0.2, -0.15) is 0 Å². The van der Waals surface area contributed by atoms with Gasteiger partial charge in [0.1, 0.15) is 12.4 Å². The molecule has 0 fully saturated rings. The SMILES string of the molecule is CC(O)c1ccc(OCc2ccc(C(C)(C)C)cc2)cc1. The Hall–Kier alpha value is -1.80. The molecule has 0 radical (unpaired) electrons. The predicted molar refractivity (Wildman–Crippen MR) is 86.5 cm³/mol. The van der Waals surface area contributed by atoms with Gasteiger partial charge in [-0.1, -0.05) is 57.2 Å². The van der Waals surface area contributed by atoms with Crippen LogP contribution >= 0.6 is 0 Å². The molecular weight excluding hydrogens is 260 g/mol. The highest BCUT2D eigenvalue weighted by atomic mass is 16.5. The second-order valence-corrected chi connectivity index (χ2v) is 6.48. The van der Waals surface area contributed by atoms with Crippen LogP contribution in [0.4, 0.5) is 0 Å². The highest BCUT2D eigenvalue weighted by molar-refractivity contribution is 5.30. The van der Waals surface area contributed by atoms with Crippen LogP contribution in [-0.4, -0.2) is 5.11 Å². The number of hydrogen-bond donors (Lipinski definition) is 1. The first-order valence-corrected chi connectivity index (χ1v) is 7.36. The molecule has 1 atom stereocenters. The molecule has 0 aliphatic heterocycles. The van der Waals surface area contributed by atoms with Gasteiger partial charge in [-0.3, -0.25) is 0 Å². The van der Waals surface area contributed by atoms with E-state index in [2.05, 4.69) is 45.0 Å². The Balaban J connectivity index is 1.96. The summed E-state index contributed by atoms with van der Waals surface area (Å²) in [5, 5.41) is 9.47. The number of ether oxygens (including phenoxy) is 1. The zero-order valence-corrected chi connectivity index (χ0v) is 13.3. The van der Waals surface area contributed by atoms with Crippen molar-refractivity contribution in [2.45, 2.75) is 45.8 Å². The molecule has 1 N–H and O–H groups in total. The number of hydrogen-bond acceptors (Lipinski definition) is 2. The van der Waals surface area contributed by atoms with Crippen molar-refractivity contribution in [3.05, 3.63) is 65.2 Å². The van der Waals surface area contributed by atoms with Crippen LogP contribution in [0, 0.1) is 0 Å². The lowest BCUT2D eigenvalue weighted by Crippen LogP contribution is -2.10. The number of benzene rings is 2. The van der Waals surface area contributed by atoms with Crippen molar-refractivity contribution in [2.75, 3.05) is 0 Å². The van der Waals surface area contributed by atoms with E-state index < -0.39 is 6.10 Å². The first-order valence-electron chi connectivity index (χ1n) is 7.36. The quantitative estimate of drug-likeness (QED) is 0.888. The number of rotatable bonds is 4. The highest BCUT2D eigenvalue weighted by Crippen LogP contribution is 2.23. The lowest BCUT2D eigenvalue weighted by molar-refractivity contribution is 0.199. The minimum absolute atomic E-state index is 0.177. The molecule has 0 amide bonds. The van der Waals surface area contributed by atoms with Crippen molar-refractivity contribution < 1.29 is 9.84 Å². The molecule has 2 heteroatoms. The molecule has 21 heavy (non-hydrogen) atoms. The molecule has 0 aliphatic carbocycles. The Kier molecular flexibility index (Phi) is 4.69. The van der Waals surface area contributed by atoms with Crippen LogP contribution in [0.2, 0.25) is 0 Å². The fourth-order valence-electron chi connectivity index (χ4n) is 2.11. The zero-order valence-electron chi connectivity index (χ0n) is 13.3. The maximum Gasteiger partial charge on any atom is 0.119 e. The third kappa shape index (κ3) is 4.33. The Morgan fingerprint density at radius 1 is 0.952 bits per heavy atom. The van der Waals surface area contributed by atoms with E-state index in [1.807, 2.05) is 24.3 Å². The van der Waals surface area contributed by atoms with Crippen LogP contribution in [0.15, 0.2) is 48.5 Å². The van der Waals surface area contributed by atoms with E-state index >= 15 is 0 Å². The van der Waals surface area contributed by atoms with Gasteiger partial charge in [0.15, 0.2) is 0 Å².